The van der Waals surface area contributed by atoms with Gasteiger partial charge in [0.15, 0.2) is 0 Å². The van der Waals surface area contributed by atoms with Gasteiger partial charge in [-0.1, -0.05) is 17.7 Å². The van der Waals surface area contributed by atoms with Gasteiger partial charge < -0.3 is 9.72 Å². The highest BCUT2D eigenvalue weighted by Crippen LogP contribution is 2.31. The van der Waals surface area contributed by atoms with Crippen LogP contribution < -0.4 is 4.74 Å². The van der Waals surface area contributed by atoms with E-state index in [1.807, 2.05) is 36.4 Å². The topological polar surface area (TPSA) is 37.9 Å². The lowest BCUT2D eigenvalue weighted by atomic mass is 10.2. The third kappa shape index (κ3) is 2.22. The van der Waals surface area contributed by atoms with Crippen LogP contribution in [0.5, 0.6) is 5.75 Å². The van der Waals surface area contributed by atoms with Crippen molar-refractivity contribution in [2.24, 2.45) is 0 Å². The molecule has 3 rings (SSSR count). The second-order valence-electron chi connectivity index (χ2n) is 4.07. The molecule has 0 saturated carbocycles. The number of methoxy groups -OCH3 is 1. The molecule has 1 aromatic heterocycles. The number of halogens is 2. The summed E-state index contributed by atoms with van der Waals surface area (Å²) in [7, 11) is 1.64. The average molecular weight is 338 g/mol. The second kappa shape index (κ2) is 4.87. The lowest BCUT2D eigenvalue weighted by molar-refractivity contribution is 0.412. The lowest BCUT2D eigenvalue weighted by Crippen LogP contribution is -1.86. The molecular weight excluding hydrogens is 328 g/mol. The molecular formula is C14H10BrClN2O. The predicted octanol–water partition coefficient (Wildman–Crippen LogP) is 4.65. The Morgan fingerprint density at radius 1 is 1.26 bits per heavy atom. The Morgan fingerprint density at radius 2 is 2.11 bits per heavy atom. The molecule has 0 atom stereocenters. The van der Waals surface area contributed by atoms with Crippen LogP contribution in [-0.2, 0) is 0 Å². The summed E-state index contributed by atoms with van der Waals surface area (Å²) in [6, 6.07) is 11.5. The van der Waals surface area contributed by atoms with E-state index in [-0.39, 0.29) is 0 Å². The summed E-state index contributed by atoms with van der Waals surface area (Å²) in [6.45, 7) is 0. The molecule has 0 saturated heterocycles. The molecule has 1 heterocycles. The fraction of sp³-hybridized carbons (Fsp3) is 0.0714. The summed E-state index contributed by atoms with van der Waals surface area (Å²) < 4.78 is 6.10. The highest BCUT2D eigenvalue weighted by Gasteiger charge is 2.09. The zero-order valence-corrected chi connectivity index (χ0v) is 12.4. The minimum Gasteiger partial charge on any atom is -0.496 e. The maximum atomic E-state index is 6.13. The molecule has 19 heavy (non-hydrogen) atoms. The van der Waals surface area contributed by atoms with Crippen molar-refractivity contribution in [3.05, 3.63) is 45.9 Å². The van der Waals surface area contributed by atoms with Crippen LogP contribution in [0, 0.1) is 0 Å². The van der Waals surface area contributed by atoms with Gasteiger partial charge in [-0.2, -0.15) is 0 Å². The molecule has 0 radical (unpaired) electrons. The number of nitrogens with zero attached hydrogens (tertiary/aromatic N) is 1. The summed E-state index contributed by atoms with van der Waals surface area (Å²) in [5.74, 6) is 1.57. The van der Waals surface area contributed by atoms with Gasteiger partial charge >= 0.3 is 0 Å². The molecule has 2 aromatic carbocycles. The SMILES string of the molecule is COc1ccc(-c2nc3c(Cl)cccc3[nH]2)cc1Br. The number of hydrogen-bond acceptors (Lipinski definition) is 2. The predicted molar refractivity (Wildman–Crippen MR) is 80.8 cm³/mol. The number of ether oxygens (including phenoxy) is 1. The molecule has 0 aliphatic rings. The second-order valence-corrected chi connectivity index (χ2v) is 5.33. The first kappa shape index (κ1) is 12.5. The largest absolute Gasteiger partial charge is 0.496 e. The van der Waals surface area contributed by atoms with Crippen molar-refractivity contribution >= 4 is 38.6 Å². The molecule has 5 heteroatoms. The van der Waals surface area contributed by atoms with Gasteiger partial charge in [0.05, 0.1) is 22.1 Å². The fourth-order valence-electron chi connectivity index (χ4n) is 1.95. The van der Waals surface area contributed by atoms with Crippen LogP contribution in [0.1, 0.15) is 0 Å². The van der Waals surface area contributed by atoms with E-state index in [1.165, 1.54) is 0 Å². The normalized spacial score (nSPS) is 10.9. The van der Waals surface area contributed by atoms with E-state index in [4.69, 9.17) is 16.3 Å². The first-order valence-corrected chi connectivity index (χ1v) is 6.84. The van der Waals surface area contributed by atoms with Crippen molar-refractivity contribution in [3.8, 4) is 17.1 Å². The van der Waals surface area contributed by atoms with E-state index in [0.717, 1.165) is 32.6 Å². The van der Waals surface area contributed by atoms with Crippen LogP contribution in [0.15, 0.2) is 40.9 Å². The number of rotatable bonds is 2. The van der Waals surface area contributed by atoms with Gasteiger partial charge in [0.25, 0.3) is 0 Å². The summed E-state index contributed by atoms with van der Waals surface area (Å²) >= 11 is 9.60. The Labute approximate surface area is 123 Å². The van der Waals surface area contributed by atoms with Gasteiger partial charge in [0.2, 0.25) is 0 Å². The smallest absolute Gasteiger partial charge is 0.138 e. The van der Waals surface area contributed by atoms with Crippen molar-refractivity contribution < 1.29 is 4.74 Å². The molecule has 3 nitrogen and oxygen atoms in total. The van der Waals surface area contributed by atoms with Crippen molar-refractivity contribution in [2.45, 2.75) is 0 Å². The van der Waals surface area contributed by atoms with E-state index in [1.54, 1.807) is 7.11 Å². The van der Waals surface area contributed by atoms with Gasteiger partial charge in [-0.25, -0.2) is 4.98 Å². The molecule has 3 aromatic rings. The Morgan fingerprint density at radius 3 is 2.79 bits per heavy atom. The van der Waals surface area contributed by atoms with Crippen LogP contribution in [0.25, 0.3) is 22.4 Å². The number of imidazole rings is 1. The lowest BCUT2D eigenvalue weighted by Gasteiger charge is -2.04. The molecule has 0 unspecified atom stereocenters. The van der Waals surface area contributed by atoms with Crippen LogP contribution in [0.4, 0.5) is 0 Å². The van der Waals surface area contributed by atoms with Crippen molar-refractivity contribution in [2.75, 3.05) is 7.11 Å². The minimum atomic E-state index is 0.646. The molecule has 0 aliphatic heterocycles. The van der Waals surface area contributed by atoms with E-state index in [9.17, 15) is 0 Å². The Balaban J connectivity index is 2.14. The first-order valence-electron chi connectivity index (χ1n) is 5.67. The number of benzene rings is 2. The highest BCUT2D eigenvalue weighted by atomic mass is 79.9. The summed E-state index contributed by atoms with van der Waals surface area (Å²) in [4.78, 5) is 7.79. The fourth-order valence-corrected chi connectivity index (χ4v) is 2.71. The van der Waals surface area contributed by atoms with E-state index in [0.29, 0.717) is 5.02 Å². The van der Waals surface area contributed by atoms with Gasteiger partial charge in [-0.15, -0.1) is 0 Å². The van der Waals surface area contributed by atoms with E-state index < -0.39 is 0 Å². The number of para-hydroxylation sites is 1. The van der Waals surface area contributed by atoms with Crippen LogP contribution in [0.2, 0.25) is 5.02 Å². The quantitative estimate of drug-likeness (QED) is 0.739. The Bertz CT molecular complexity index is 754. The number of hydrogen-bond donors (Lipinski definition) is 1. The van der Waals surface area contributed by atoms with Gasteiger partial charge in [0, 0.05) is 5.56 Å². The monoisotopic (exact) mass is 336 g/mol. The maximum absolute atomic E-state index is 6.13. The highest BCUT2D eigenvalue weighted by molar-refractivity contribution is 9.10. The van der Waals surface area contributed by atoms with Gasteiger partial charge in [-0.3, -0.25) is 0 Å². The number of H-pyrrole nitrogens is 1. The molecule has 0 aliphatic carbocycles. The van der Waals surface area contributed by atoms with E-state index >= 15 is 0 Å². The van der Waals surface area contributed by atoms with Crippen LogP contribution in [-0.4, -0.2) is 17.1 Å². The third-order valence-corrected chi connectivity index (χ3v) is 3.81. The number of nitrogens with one attached hydrogen (secondary N) is 1. The first-order chi connectivity index (χ1) is 9.19. The average Bonchev–Trinajstić information content (AvgIpc) is 2.84. The van der Waals surface area contributed by atoms with Gasteiger partial charge in [-0.05, 0) is 46.3 Å². The molecule has 0 amide bonds. The summed E-state index contributed by atoms with van der Waals surface area (Å²) in [5.41, 5.74) is 2.68. The van der Waals surface area contributed by atoms with Crippen molar-refractivity contribution in [1.82, 2.24) is 9.97 Å². The molecule has 0 bridgehead atoms. The zero-order valence-electron chi connectivity index (χ0n) is 10.1. The number of aromatic amines is 1. The number of fused-ring (bicyclic) bond motifs is 1. The zero-order chi connectivity index (χ0) is 13.4. The van der Waals surface area contributed by atoms with Crippen LogP contribution >= 0.6 is 27.5 Å². The minimum absolute atomic E-state index is 0.646. The van der Waals surface area contributed by atoms with Crippen molar-refractivity contribution in [3.63, 3.8) is 0 Å². The number of aromatic nitrogens is 2. The Hall–Kier alpha value is -1.52. The van der Waals surface area contributed by atoms with E-state index in [2.05, 4.69) is 25.9 Å². The molecule has 0 fully saturated rings. The van der Waals surface area contributed by atoms with Gasteiger partial charge in [0.1, 0.15) is 17.1 Å². The van der Waals surface area contributed by atoms with Crippen LogP contribution in [0.3, 0.4) is 0 Å². The summed E-state index contributed by atoms with van der Waals surface area (Å²) in [6.07, 6.45) is 0. The van der Waals surface area contributed by atoms with Crippen molar-refractivity contribution in [1.29, 1.82) is 0 Å². The Kier molecular flexibility index (Phi) is 3.21. The molecule has 0 spiro atoms. The third-order valence-electron chi connectivity index (χ3n) is 2.89. The maximum Gasteiger partial charge on any atom is 0.138 e. The standard InChI is InChI=1S/C14H10BrClN2O/c1-19-12-6-5-8(7-9(12)15)14-17-11-4-2-3-10(16)13(11)18-14/h2-7H,1H3,(H,17,18). The summed E-state index contributed by atoms with van der Waals surface area (Å²) in [5, 5.41) is 0.646. The molecule has 1 N–H and O–H groups in total. The molecule has 96 valence electrons.